The van der Waals surface area contributed by atoms with Crippen LogP contribution in [0.1, 0.15) is 45.3 Å². The van der Waals surface area contributed by atoms with Crippen molar-refractivity contribution in [1.29, 1.82) is 0 Å². The lowest BCUT2D eigenvalue weighted by Crippen LogP contribution is -2.43. The van der Waals surface area contributed by atoms with Crippen LogP contribution in [0.4, 0.5) is 0 Å². The number of benzene rings is 1. The maximum atomic E-state index is 10.5. The second-order valence-electron chi connectivity index (χ2n) is 7.63. The van der Waals surface area contributed by atoms with E-state index in [1.54, 1.807) is 0 Å². The third-order valence-corrected chi connectivity index (χ3v) is 4.66. The number of ether oxygens (including phenoxy) is 1. The number of nitrogens with zero attached hydrogens (tertiary/aromatic N) is 2. The quantitative estimate of drug-likeness (QED) is 0.480. The lowest BCUT2D eigenvalue weighted by atomic mass is 9.99. The number of piperidine rings is 1. The third-order valence-electron chi connectivity index (χ3n) is 4.66. The molecule has 152 valence electrons. The van der Waals surface area contributed by atoms with Gasteiger partial charge >= 0.3 is 0 Å². The van der Waals surface area contributed by atoms with Crippen LogP contribution in [0.25, 0.3) is 0 Å². The summed E-state index contributed by atoms with van der Waals surface area (Å²) >= 11 is 0. The number of rotatable bonds is 8. The predicted molar refractivity (Wildman–Crippen MR) is 111 cm³/mol. The van der Waals surface area contributed by atoms with Gasteiger partial charge in [-0.15, -0.1) is 0 Å². The van der Waals surface area contributed by atoms with Crippen LogP contribution in [-0.4, -0.2) is 61.8 Å². The number of aliphatic hydroxyl groups is 1. The fourth-order valence-corrected chi connectivity index (χ4v) is 3.37. The van der Waals surface area contributed by atoms with Crippen molar-refractivity contribution in [3.05, 3.63) is 29.8 Å². The zero-order valence-corrected chi connectivity index (χ0v) is 17.2. The number of aliphatic hydroxyl groups excluding tert-OH is 1. The Morgan fingerprint density at radius 3 is 2.89 bits per heavy atom. The summed E-state index contributed by atoms with van der Waals surface area (Å²) in [5.74, 6) is 2.18. The molecule has 2 atom stereocenters. The van der Waals surface area contributed by atoms with Gasteiger partial charge in [0.1, 0.15) is 5.75 Å². The number of aliphatic imine (C=N–C) groups is 1. The highest BCUT2D eigenvalue weighted by Crippen LogP contribution is 2.20. The summed E-state index contributed by atoms with van der Waals surface area (Å²) < 4.78 is 5.71. The fourth-order valence-electron chi connectivity index (χ4n) is 3.37. The first-order valence-electron chi connectivity index (χ1n) is 10.1. The number of likely N-dealkylation sites (tertiary alicyclic amines) is 1. The van der Waals surface area contributed by atoms with Crippen LogP contribution >= 0.6 is 0 Å². The fraction of sp³-hybridized carbons (Fsp3) is 0.667. The van der Waals surface area contributed by atoms with Crippen molar-refractivity contribution in [2.24, 2.45) is 10.9 Å². The molecule has 27 heavy (non-hydrogen) atoms. The molecule has 1 aromatic carbocycles. The van der Waals surface area contributed by atoms with E-state index >= 15 is 0 Å². The SMILES string of the molecule is CCNC(=NCC(O)c1cccc(OC(C)C)c1)NCC1CCCN(C)C1. The maximum Gasteiger partial charge on any atom is 0.191 e. The van der Waals surface area contributed by atoms with Gasteiger partial charge in [-0.2, -0.15) is 0 Å². The summed E-state index contributed by atoms with van der Waals surface area (Å²) in [7, 11) is 2.18. The van der Waals surface area contributed by atoms with Crippen LogP contribution in [0.3, 0.4) is 0 Å². The molecule has 1 aliphatic rings. The number of guanidine groups is 1. The van der Waals surface area contributed by atoms with Gasteiger partial charge in [-0.05, 0) is 70.8 Å². The Kier molecular flexibility index (Phi) is 8.88. The normalized spacial score (nSPS) is 19.8. The van der Waals surface area contributed by atoms with Crippen molar-refractivity contribution in [2.75, 3.05) is 39.8 Å². The summed E-state index contributed by atoms with van der Waals surface area (Å²) in [5, 5.41) is 17.2. The molecule has 0 radical (unpaired) electrons. The molecule has 1 aromatic rings. The molecule has 3 N–H and O–H groups in total. The minimum atomic E-state index is -0.656. The van der Waals surface area contributed by atoms with Crippen molar-refractivity contribution in [2.45, 2.75) is 45.8 Å². The third kappa shape index (κ3) is 7.77. The second-order valence-corrected chi connectivity index (χ2v) is 7.63. The van der Waals surface area contributed by atoms with Crippen LogP contribution in [0.5, 0.6) is 5.75 Å². The van der Waals surface area contributed by atoms with E-state index < -0.39 is 6.10 Å². The highest BCUT2D eigenvalue weighted by molar-refractivity contribution is 5.79. The highest BCUT2D eigenvalue weighted by Gasteiger charge is 2.17. The van der Waals surface area contributed by atoms with Crippen LogP contribution in [0.2, 0.25) is 0 Å². The summed E-state index contributed by atoms with van der Waals surface area (Å²) in [6, 6.07) is 7.61. The van der Waals surface area contributed by atoms with Crippen LogP contribution in [0, 0.1) is 5.92 Å². The van der Waals surface area contributed by atoms with Gasteiger partial charge in [-0.3, -0.25) is 4.99 Å². The van der Waals surface area contributed by atoms with Gasteiger partial charge in [-0.1, -0.05) is 12.1 Å². The minimum Gasteiger partial charge on any atom is -0.491 e. The van der Waals surface area contributed by atoms with Gasteiger partial charge in [0, 0.05) is 19.6 Å². The van der Waals surface area contributed by atoms with E-state index in [1.165, 1.54) is 19.4 Å². The molecule has 0 aliphatic carbocycles. The van der Waals surface area contributed by atoms with E-state index in [2.05, 4.69) is 34.5 Å². The monoisotopic (exact) mass is 376 g/mol. The molecule has 1 fully saturated rings. The molecule has 0 spiro atoms. The zero-order chi connectivity index (χ0) is 19.6. The van der Waals surface area contributed by atoms with Crippen molar-refractivity contribution in [3.63, 3.8) is 0 Å². The topological polar surface area (TPSA) is 69.1 Å². The Labute approximate surface area is 164 Å². The molecule has 2 unspecified atom stereocenters. The Morgan fingerprint density at radius 2 is 2.19 bits per heavy atom. The first-order valence-corrected chi connectivity index (χ1v) is 10.1. The molecule has 6 nitrogen and oxygen atoms in total. The summed E-state index contributed by atoms with van der Waals surface area (Å²) in [5.41, 5.74) is 0.821. The van der Waals surface area contributed by atoms with Crippen LogP contribution in [0.15, 0.2) is 29.3 Å². The average Bonchev–Trinajstić information content (AvgIpc) is 2.63. The average molecular weight is 377 g/mol. The first kappa shape index (κ1) is 21.5. The summed E-state index contributed by atoms with van der Waals surface area (Å²) in [6.45, 7) is 10.4. The molecule has 1 aliphatic heterocycles. The van der Waals surface area contributed by atoms with Crippen LogP contribution in [-0.2, 0) is 0 Å². The first-order chi connectivity index (χ1) is 13.0. The van der Waals surface area contributed by atoms with Gasteiger partial charge in [0.2, 0.25) is 0 Å². The largest absolute Gasteiger partial charge is 0.491 e. The van der Waals surface area contributed by atoms with Crippen molar-refractivity contribution in [1.82, 2.24) is 15.5 Å². The van der Waals surface area contributed by atoms with Crippen LogP contribution < -0.4 is 15.4 Å². The molecular weight excluding hydrogens is 340 g/mol. The van der Waals surface area contributed by atoms with E-state index in [1.807, 2.05) is 38.1 Å². The molecule has 6 heteroatoms. The molecule has 1 saturated heterocycles. The highest BCUT2D eigenvalue weighted by atomic mass is 16.5. The molecular formula is C21H36N4O2. The smallest absolute Gasteiger partial charge is 0.191 e. The Morgan fingerprint density at radius 1 is 1.37 bits per heavy atom. The lowest BCUT2D eigenvalue weighted by Gasteiger charge is -2.30. The zero-order valence-electron chi connectivity index (χ0n) is 17.2. The Balaban J connectivity index is 1.90. The Bertz CT molecular complexity index is 591. The van der Waals surface area contributed by atoms with Gasteiger partial charge in [0.15, 0.2) is 5.96 Å². The standard InChI is InChI=1S/C21H36N4O2/c1-5-22-21(23-13-17-8-7-11-25(4)15-17)24-14-20(26)18-9-6-10-19(12-18)27-16(2)3/h6,9-10,12,16-17,20,26H,5,7-8,11,13-15H2,1-4H3,(H2,22,23,24). The lowest BCUT2D eigenvalue weighted by molar-refractivity contribution is 0.185. The Hall–Kier alpha value is -1.79. The van der Waals surface area contributed by atoms with E-state index in [4.69, 9.17) is 4.74 Å². The van der Waals surface area contributed by atoms with Gasteiger partial charge in [0.25, 0.3) is 0 Å². The molecule has 0 bridgehead atoms. The van der Waals surface area contributed by atoms with E-state index in [0.717, 1.165) is 36.9 Å². The van der Waals surface area contributed by atoms with E-state index in [-0.39, 0.29) is 6.10 Å². The van der Waals surface area contributed by atoms with Gasteiger partial charge in [0.05, 0.1) is 18.8 Å². The number of hydrogen-bond donors (Lipinski definition) is 3. The number of nitrogens with one attached hydrogen (secondary N) is 2. The summed E-state index contributed by atoms with van der Waals surface area (Å²) in [6.07, 6.45) is 1.96. The molecule has 0 aromatic heterocycles. The second kappa shape index (κ2) is 11.1. The molecule has 0 saturated carbocycles. The predicted octanol–water partition coefficient (Wildman–Crippen LogP) is 2.40. The molecule has 1 heterocycles. The van der Waals surface area contributed by atoms with Gasteiger partial charge in [-0.25, -0.2) is 0 Å². The van der Waals surface area contributed by atoms with Gasteiger partial charge < -0.3 is 25.4 Å². The molecule has 2 rings (SSSR count). The van der Waals surface area contributed by atoms with Crippen molar-refractivity contribution >= 4 is 5.96 Å². The van der Waals surface area contributed by atoms with E-state index in [9.17, 15) is 5.11 Å². The van der Waals surface area contributed by atoms with Crippen molar-refractivity contribution < 1.29 is 9.84 Å². The maximum absolute atomic E-state index is 10.5. The van der Waals surface area contributed by atoms with Crippen molar-refractivity contribution in [3.8, 4) is 5.75 Å². The minimum absolute atomic E-state index is 0.110. The van der Waals surface area contributed by atoms with E-state index in [0.29, 0.717) is 12.5 Å². The number of hydrogen-bond acceptors (Lipinski definition) is 4. The summed E-state index contributed by atoms with van der Waals surface area (Å²) in [4.78, 5) is 6.96. The molecule has 0 amide bonds.